The average Bonchev–Trinajstić information content (AvgIpc) is 2.88. The van der Waals surface area contributed by atoms with E-state index in [1.165, 1.54) is 12.1 Å². The van der Waals surface area contributed by atoms with Crippen molar-refractivity contribution >= 4 is 21.4 Å². The lowest BCUT2D eigenvalue weighted by Crippen LogP contribution is -2.46. The van der Waals surface area contributed by atoms with Gasteiger partial charge in [-0.3, -0.25) is 4.79 Å². The highest BCUT2D eigenvalue weighted by Crippen LogP contribution is 2.22. The molecular formula is C16H21FN2O3S. The first-order chi connectivity index (χ1) is 10.9. The number of piperidine rings is 1. The van der Waals surface area contributed by atoms with Gasteiger partial charge in [0.25, 0.3) is 0 Å². The summed E-state index contributed by atoms with van der Waals surface area (Å²) in [7, 11) is -3.03. The fourth-order valence-electron chi connectivity index (χ4n) is 3.28. The summed E-state index contributed by atoms with van der Waals surface area (Å²) in [6.07, 6.45) is 1.99. The van der Waals surface area contributed by atoms with Gasteiger partial charge in [0.15, 0.2) is 9.84 Å². The van der Waals surface area contributed by atoms with Crippen LogP contribution in [0.3, 0.4) is 0 Å². The molecule has 0 aliphatic carbocycles. The molecule has 1 aromatic carbocycles. The molecule has 0 radical (unpaired) electrons. The Morgan fingerprint density at radius 3 is 2.57 bits per heavy atom. The Bertz CT molecular complexity index is 684. The summed E-state index contributed by atoms with van der Waals surface area (Å²) >= 11 is 0. The van der Waals surface area contributed by atoms with Crippen molar-refractivity contribution in [3.63, 3.8) is 0 Å². The first-order valence-electron chi connectivity index (χ1n) is 7.94. The highest BCUT2D eigenvalue weighted by Gasteiger charge is 2.34. The molecule has 2 aliphatic heterocycles. The Hall–Kier alpha value is -1.63. The summed E-state index contributed by atoms with van der Waals surface area (Å²) in [6, 6.07) is 6.58. The summed E-state index contributed by atoms with van der Waals surface area (Å²) in [5, 5.41) is 2.98. The molecule has 0 bridgehead atoms. The monoisotopic (exact) mass is 340 g/mol. The lowest BCUT2D eigenvalue weighted by molar-refractivity contribution is -0.125. The third kappa shape index (κ3) is 4.02. The minimum absolute atomic E-state index is 0.0268. The molecule has 1 atom stereocenters. The van der Waals surface area contributed by atoms with Crippen LogP contribution < -0.4 is 10.2 Å². The molecule has 2 fully saturated rings. The molecule has 7 heteroatoms. The Labute approximate surface area is 135 Å². The predicted octanol–water partition coefficient (Wildman–Crippen LogP) is 1.35. The van der Waals surface area contributed by atoms with Crippen LogP contribution in [0.5, 0.6) is 0 Å². The van der Waals surface area contributed by atoms with Crippen LogP contribution in [-0.4, -0.2) is 45.0 Å². The van der Waals surface area contributed by atoms with Crippen LogP contribution in [0.2, 0.25) is 0 Å². The van der Waals surface area contributed by atoms with Gasteiger partial charge in [-0.2, -0.15) is 0 Å². The van der Waals surface area contributed by atoms with Gasteiger partial charge in [0.1, 0.15) is 5.82 Å². The second-order valence-electron chi connectivity index (χ2n) is 6.35. The van der Waals surface area contributed by atoms with E-state index in [9.17, 15) is 17.6 Å². The van der Waals surface area contributed by atoms with E-state index in [1.54, 1.807) is 6.07 Å². The van der Waals surface area contributed by atoms with Crippen LogP contribution in [0.1, 0.15) is 19.3 Å². The summed E-state index contributed by atoms with van der Waals surface area (Å²) < 4.78 is 36.2. The zero-order valence-electron chi connectivity index (χ0n) is 12.9. The Morgan fingerprint density at radius 2 is 1.96 bits per heavy atom. The number of amides is 1. The van der Waals surface area contributed by atoms with Crippen LogP contribution in [0.4, 0.5) is 10.1 Å². The fraction of sp³-hybridized carbons (Fsp3) is 0.562. The molecule has 0 saturated carbocycles. The zero-order chi connectivity index (χ0) is 16.4. The fourth-order valence-corrected chi connectivity index (χ4v) is 5.02. The quantitative estimate of drug-likeness (QED) is 0.902. The zero-order valence-corrected chi connectivity index (χ0v) is 13.7. The lowest BCUT2D eigenvalue weighted by atomic mass is 10.0. The van der Waals surface area contributed by atoms with E-state index in [2.05, 4.69) is 10.2 Å². The van der Waals surface area contributed by atoms with E-state index in [4.69, 9.17) is 0 Å². The minimum atomic E-state index is -3.03. The van der Waals surface area contributed by atoms with Gasteiger partial charge in [-0.1, -0.05) is 6.07 Å². The third-order valence-corrected chi connectivity index (χ3v) is 6.39. The van der Waals surface area contributed by atoms with Crippen LogP contribution in [-0.2, 0) is 14.6 Å². The highest BCUT2D eigenvalue weighted by molar-refractivity contribution is 7.91. The first kappa shape index (κ1) is 16.2. The van der Waals surface area contributed by atoms with Crippen molar-refractivity contribution < 1.29 is 17.6 Å². The molecular weight excluding hydrogens is 319 g/mol. The number of halogens is 1. The molecule has 2 aliphatic rings. The molecule has 23 heavy (non-hydrogen) atoms. The van der Waals surface area contributed by atoms with Crippen molar-refractivity contribution in [1.82, 2.24) is 5.32 Å². The number of carbonyl (C=O) groups is 1. The first-order valence-corrected chi connectivity index (χ1v) is 9.76. The summed E-state index contributed by atoms with van der Waals surface area (Å²) in [6.45, 7) is 1.49. The Kier molecular flexibility index (Phi) is 4.57. The maximum Gasteiger partial charge on any atom is 0.224 e. The van der Waals surface area contributed by atoms with E-state index in [1.807, 2.05) is 6.07 Å². The SMILES string of the molecule is O=C(NC1CCN(c2cccc(F)c2)CC1)[C@@H]1CCS(=O)(=O)C1. The molecule has 2 saturated heterocycles. The number of anilines is 1. The second kappa shape index (κ2) is 6.47. The number of hydrogen-bond acceptors (Lipinski definition) is 4. The smallest absolute Gasteiger partial charge is 0.224 e. The van der Waals surface area contributed by atoms with Crippen molar-refractivity contribution in [3.8, 4) is 0 Å². The number of benzene rings is 1. The van der Waals surface area contributed by atoms with Crippen molar-refractivity contribution in [2.24, 2.45) is 5.92 Å². The van der Waals surface area contributed by atoms with Crippen LogP contribution in [0, 0.1) is 11.7 Å². The number of nitrogens with zero attached hydrogens (tertiary/aromatic N) is 1. The maximum absolute atomic E-state index is 13.3. The number of sulfone groups is 1. The van der Waals surface area contributed by atoms with Gasteiger partial charge in [-0.05, 0) is 37.5 Å². The highest BCUT2D eigenvalue weighted by atomic mass is 32.2. The summed E-state index contributed by atoms with van der Waals surface area (Å²) in [4.78, 5) is 14.3. The van der Waals surface area contributed by atoms with Gasteiger partial charge < -0.3 is 10.2 Å². The van der Waals surface area contributed by atoms with Gasteiger partial charge in [0.05, 0.1) is 17.4 Å². The van der Waals surface area contributed by atoms with E-state index in [-0.39, 0.29) is 29.3 Å². The number of rotatable bonds is 3. The molecule has 126 valence electrons. The molecule has 5 nitrogen and oxygen atoms in total. The topological polar surface area (TPSA) is 66.5 Å². The number of nitrogens with one attached hydrogen (secondary N) is 1. The van der Waals surface area contributed by atoms with Gasteiger partial charge in [-0.25, -0.2) is 12.8 Å². The van der Waals surface area contributed by atoms with Crippen LogP contribution in [0.15, 0.2) is 24.3 Å². The third-order valence-electron chi connectivity index (χ3n) is 4.62. The van der Waals surface area contributed by atoms with E-state index in [0.29, 0.717) is 6.42 Å². The number of hydrogen-bond donors (Lipinski definition) is 1. The Balaban J connectivity index is 1.50. The van der Waals surface area contributed by atoms with E-state index >= 15 is 0 Å². The molecule has 2 heterocycles. The summed E-state index contributed by atoms with van der Waals surface area (Å²) in [5.74, 6) is -0.707. The van der Waals surface area contributed by atoms with Gasteiger partial charge in [0, 0.05) is 24.8 Å². The van der Waals surface area contributed by atoms with Crippen LogP contribution in [0.25, 0.3) is 0 Å². The summed E-state index contributed by atoms with van der Waals surface area (Å²) in [5.41, 5.74) is 0.858. The van der Waals surface area contributed by atoms with Crippen molar-refractivity contribution in [1.29, 1.82) is 0 Å². The molecule has 0 unspecified atom stereocenters. The molecule has 1 N–H and O–H groups in total. The van der Waals surface area contributed by atoms with Crippen LogP contribution >= 0.6 is 0 Å². The predicted molar refractivity (Wildman–Crippen MR) is 86.5 cm³/mol. The molecule has 1 aromatic rings. The minimum Gasteiger partial charge on any atom is -0.371 e. The lowest BCUT2D eigenvalue weighted by Gasteiger charge is -2.34. The van der Waals surface area contributed by atoms with E-state index in [0.717, 1.165) is 31.6 Å². The molecule has 3 rings (SSSR count). The molecule has 0 aromatic heterocycles. The standard InChI is InChI=1S/C16H21FN2O3S/c17-13-2-1-3-15(10-13)19-7-4-14(5-8-19)18-16(20)12-6-9-23(21,22)11-12/h1-3,10,12,14H,4-9,11H2,(H,18,20)/t12-/m1/s1. The van der Waals surface area contributed by atoms with Crippen molar-refractivity contribution in [3.05, 3.63) is 30.1 Å². The van der Waals surface area contributed by atoms with Gasteiger partial charge in [-0.15, -0.1) is 0 Å². The van der Waals surface area contributed by atoms with E-state index < -0.39 is 15.8 Å². The van der Waals surface area contributed by atoms with Gasteiger partial charge >= 0.3 is 0 Å². The Morgan fingerprint density at radius 1 is 1.22 bits per heavy atom. The maximum atomic E-state index is 13.3. The molecule has 0 spiro atoms. The molecule has 1 amide bonds. The normalized spacial score (nSPS) is 24.6. The van der Waals surface area contributed by atoms with Crippen molar-refractivity contribution in [2.45, 2.75) is 25.3 Å². The van der Waals surface area contributed by atoms with Crippen molar-refractivity contribution in [2.75, 3.05) is 29.5 Å². The van der Waals surface area contributed by atoms with Gasteiger partial charge in [0.2, 0.25) is 5.91 Å². The second-order valence-corrected chi connectivity index (χ2v) is 8.58. The average molecular weight is 340 g/mol. The number of carbonyl (C=O) groups excluding carboxylic acids is 1. The largest absolute Gasteiger partial charge is 0.371 e.